The SMILES string of the molecule is Brc1nsc(-c2cccc3ccsc23)n1. The van der Waals surface area contributed by atoms with Gasteiger partial charge in [0.05, 0.1) is 0 Å². The third-order valence-electron chi connectivity index (χ3n) is 2.11. The first-order valence-electron chi connectivity index (χ1n) is 4.30. The average Bonchev–Trinajstić information content (AvgIpc) is 2.84. The number of aromatic nitrogens is 2. The van der Waals surface area contributed by atoms with Crippen LogP contribution < -0.4 is 0 Å². The van der Waals surface area contributed by atoms with Crippen LogP contribution in [0.5, 0.6) is 0 Å². The van der Waals surface area contributed by atoms with Crippen molar-refractivity contribution < 1.29 is 0 Å². The molecule has 0 spiro atoms. The molecule has 5 heteroatoms. The second-order valence-electron chi connectivity index (χ2n) is 3.01. The molecule has 2 nitrogen and oxygen atoms in total. The van der Waals surface area contributed by atoms with Gasteiger partial charge in [-0.1, -0.05) is 18.2 Å². The van der Waals surface area contributed by atoms with Gasteiger partial charge in [-0.15, -0.1) is 11.3 Å². The molecule has 0 saturated heterocycles. The van der Waals surface area contributed by atoms with E-state index in [1.807, 2.05) is 0 Å². The summed E-state index contributed by atoms with van der Waals surface area (Å²) in [6.45, 7) is 0. The predicted octanol–water partition coefficient (Wildman–Crippen LogP) is 4.18. The van der Waals surface area contributed by atoms with Gasteiger partial charge in [-0.25, -0.2) is 4.98 Å². The van der Waals surface area contributed by atoms with Crippen molar-refractivity contribution in [3.63, 3.8) is 0 Å². The van der Waals surface area contributed by atoms with E-state index in [4.69, 9.17) is 0 Å². The zero-order valence-corrected chi connectivity index (χ0v) is 10.7. The summed E-state index contributed by atoms with van der Waals surface area (Å²) in [5, 5.41) is 4.34. The van der Waals surface area contributed by atoms with Crippen LogP contribution in [0.3, 0.4) is 0 Å². The molecular weight excluding hydrogens is 292 g/mol. The first kappa shape index (κ1) is 9.45. The Balaban J connectivity index is 2.30. The van der Waals surface area contributed by atoms with E-state index in [-0.39, 0.29) is 0 Å². The maximum absolute atomic E-state index is 4.34. The Morgan fingerprint density at radius 3 is 2.93 bits per heavy atom. The molecule has 74 valence electrons. The van der Waals surface area contributed by atoms with Crippen molar-refractivity contribution in [3.8, 4) is 10.6 Å². The lowest BCUT2D eigenvalue weighted by atomic mass is 10.2. The molecule has 0 aliphatic carbocycles. The molecule has 0 aliphatic heterocycles. The zero-order valence-electron chi connectivity index (χ0n) is 7.48. The van der Waals surface area contributed by atoms with Crippen LogP contribution in [0.15, 0.2) is 34.4 Å². The minimum Gasteiger partial charge on any atom is -0.209 e. The van der Waals surface area contributed by atoms with Gasteiger partial charge in [-0.3, -0.25) is 0 Å². The normalized spacial score (nSPS) is 11.0. The molecule has 2 aromatic heterocycles. The van der Waals surface area contributed by atoms with Gasteiger partial charge in [-0.2, -0.15) is 4.37 Å². The maximum Gasteiger partial charge on any atom is 0.209 e. The van der Waals surface area contributed by atoms with E-state index in [1.165, 1.54) is 27.2 Å². The molecule has 3 aromatic rings. The summed E-state index contributed by atoms with van der Waals surface area (Å²) >= 11 is 6.44. The molecule has 0 bridgehead atoms. The molecule has 0 N–H and O–H groups in total. The molecule has 0 atom stereocenters. The van der Waals surface area contributed by atoms with Crippen molar-refractivity contribution in [2.45, 2.75) is 0 Å². The number of benzene rings is 1. The Hall–Kier alpha value is -0.780. The molecule has 15 heavy (non-hydrogen) atoms. The summed E-state index contributed by atoms with van der Waals surface area (Å²) in [7, 11) is 0. The topological polar surface area (TPSA) is 25.8 Å². The minimum absolute atomic E-state index is 0.663. The molecule has 0 radical (unpaired) electrons. The first-order valence-corrected chi connectivity index (χ1v) is 6.75. The molecule has 0 amide bonds. The van der Waals surface area contributed by atoms with Gasteiger partial charge in [-0.05, 0) is 44.3 Å². The highest BCUT2D eigenvalue weighted by molar-refractivity contribution is 9.10. The molecule has 3 rings (SSSR count). The van der Waals surface area contributed by atoms with Crippen LogP contribution in [0.2, 0.25) is 0 Å². The third-order valence-corrected chi connectivity index (χ3v) is 4.41. The monoisotopic (exact) mass is 296 g/mol. The van der Waals surface area contributed by atoms with Gasteiger partial charge in [0.2, 0.25) is 4.73 Å². The molecule has 1 aromatic carbocycles. The summed E-state index contributed by atoms with van der Waals surface area (Å²) in [6, 6.07) is 8.39. The summed E-state index contributed by atoms with van der Waals surface area (Å²) in [5.41, 5.74) is 1.17. The lowest BCUT2D eigenvalue weighted by molar-refractivity contribution is 1.26. The standard InChI is InChI=1S/C10H5BrN2S2/c11-10-12-9(15-13-10)7-3-1-2-6-4-5-14-8(6)7/h1-5H. The van der Waals surface area contributed by atoms with Crippen molar-refractivity contribution in [3.05, 3.63) is 34.4 Å². The summed E-state index contributed by atoms with van der Waals surface area (Å²) in [5.74, 6) is 0. The van der Waals surface area contributed by atoms with Gasteiger partial charge in [0.25, 0.3) is 0 Å². The highest BCUT2D eigenvalue weighted by Crippen LogP contribution is 2.33. The highest BCUT2D eigenvalue weighted by Gasteiger charge is 2.08. The largest absolute Gasteiger partial charge is 0.209 e. The summed E-state index contributed by atoms with van der Waals surface area (Å²) < 4.78 is 6.08. The molecule has 0 unspecified atom stereocenters. The van der Waals surface area contributed by atoms with E-state index in [2.05, 4.69) is 54.9 Å². The number of halogens is 1. The van der Waals surface area contributed by atoms with Crippen molar-refractivity contribution in [1.82, 2.24) is 9.36 Å². The van der Waals surface area contributed by atoms with Crippen LogP contribution in [-0.4, -0.2) is 9.36 Å². The second-order valence-corrected chi connectivity index (χ2v) is 5.39. The number of fused-ring (bicyclic) bond motifs is 1. The number of nitrogens with zero attached hydrogens (tertiary/aromatic N) is 2. The van der Waals surface area contributed by atoms with Crippen LogP contribution in [-0.2, 0) is 0 Å². The van der Waals surface area contributed by atoms with E-state index in [0.717, 1.165) is 5.01 Å². The summed E-state index contributed by atoms with van der Waals surface area (Å²) in [6.07, 6.45) is 0. The Labute approximate surface area is 103 Å². The molecule has 0 fully saturated rings. The Morgan fingerprint density at radius 2 is 2.13 bits per heavy atom. The zero-order chi connectivity index (χ0) is 10.3. The quantitative estimate of drug-likeness (QED) is 0.673. The fraction of sp³-hybridized carbons (Fsp3) is 0. The van der Waals surface area contributed by atoms with Gasteiger partial charge in [0.1, 0.15) is 5.01 Å². The van der Waals surface area contributed by atoms with Crippen molar-refractivity contribution in [1.29, 1.82) is 0 Å². The summed E-state index contributed by atoms with van der Waals surface area (Å²) in [4.78, 5) is 4.34. The van der Waals surface area contributed by atoms with Gasteiger partial charge >= 0.3 is 0 Å². The number of hydrogen-bond acceptors (Lipinski definition) is 4. The molecular formula is C10H5BrN2S2. The fourth-order valence-electron chi connectivity index (χ4n) is 1.48. The van der Waals surface area contributed by atoms with E-state index in [9.17, 15) is 0 Å². The van der Waals surface area contributed by atoms with Crippen LogP contribution in [0, 0.1) is 0 Å². The van der Waals surface area contributed by atoms with Gasteiger partial charge < -0.3 is 0 Å². The molecule has 0 saturated carbocycles. The van der Waals surface area contributed by atoms with Crippen molar-refractivity contribution in [2.24, 2.45) is 0 Å². The number of hydrogen-bond donors (Lipinski definition) is 0. The smallest absolute Gasteiger partial charge is 0.209 e. The third kappa shape index (κ3) is 1.60. The maximum atomic E-state index is 4.34. The van der Waals surface area contributed by atoms with E-state index in [0.29, 0.717) is 4.73 Å². The lowest BCUT2D eigenvalue weighted by Crippen LogP contribution is -1.75. The second kappa shape index (κ2) is 3.66. The Kier molecular flexibility index (Phi) is 2.31. The van der Waals surface area contributed by atoms with Crippen LogP contribution >= 0.6 is 38.8 Å². The Morgan fingerprint density at radius 1 is 1.20 bits per heavy atom. The number of rotatable bonds is 1. The molecule has 2 heterocycles. The van der Waals surface area contributed by atoms with E-state index >= 15 is 0 Å². The lowest BCUT2D eigenvalue weighted by Gasteiger charge is -1.96. The van der Waals surface area contributed by atoms with E-state index < -0.39 is 0 Å². The first-order chi connectivity index (χ1) is 7.34. The Bertz CT molecular complexity index is 614. The fourth-order valence-corrected chi connectivity index (χ4v) is 3.57. The number of thiophene rings is 1. The minimum atomic E-state index is 0.663. The van der Waals surface area contributed by atoms with E-state index in [1.54, 1.807) is 11.3 Å². The van der Waals surface area contributed by atoms with Crippen molar-refractivity contribution in [2.75, 3.05) is 0 Å². The highest BCUT2D eigenvalue weighted by atomic mass is 79.9. The van der Waals surface area contributed by atoms with Gasteiger partial charge in [0, 0.05) is 10.3 Å². The average molecular weight is 297 g/mol. The van der Waals surface area contributed by atoms with Crippen molar-refractivity contribution >= 4 is 48.9 Å². The van der Waals surface area contributed by atoms with Crippen LogP contribution in [0.4, 0.5) is 0 Å². The molecule has 0 aliphatic rings. The van der Waals surface area contributed by atoms with Gasteiger partial charge in [0.15, 0.2) is 0 Å². The van der Waals surface area contributed by atoms with Crippen LogP contribution in [0.1, 0.15) is 0 Å². The predicted molar refractivity (Wildman–Crippen MR) is 68.4 cm³/mol. The van der Waals surface area contributed by atoms with Crippen LogP contribution in [0.25, 0.3) is 20.7 Å².